The van der Waals surface area contributed by atoms with Crippen molar-refractivity contribution in [1.29, 1.82) is 0 Å². The standard InChI is InChI=1S/C15H19ClN4O2/c1-17-9-4-5-20(8-9)14-10-6-12(21-2)13(22-3)7-11(10)18-15(16)19-14/h6-7,9,17H,4-5,8H2,1-3H3. The van der Waals surface area contributed by atoms with Crippen molar-refractivity contribution in [3.05, 3.63) is 17.4 Å². The second kappa shape index (κ2) is 6.14. The van der Waals surface area contributed by atoms with Gasteiger partial charge < -0.3 is 19.7 Å². The third kappa shape index (κ3) is 2.64. The number of rotatable bonds is 4. The molecule has 1 aromatic carbocycles. The third-order valence-corrected chi connectivity index (χ3v) is 4.22. The van der Waals surface area contributed by atoms with Crippen LogP contribution in [0.25, 0.3) is 10.9 Å². The van der Waals surface area contributed by atoms with Crippen LogP contribution >= 0.6 is 11.6 Å². The Labute approximate surface area is 134 Å². The van der Waals surface area contributed by atoms with Gasteiger partial charge in [-0.1, -0.05) is 0 Å². The predicted molar refractivity (Wildman–Crippen MR) is 87.3 cm³/mol. The Bertz CT molecular complexity index is 695. The van der Waals surface area contributed by atoms with Crippen molar-refractivity contribution in [2.45, 2.75) is 12.5 Å². The van der Waals surface area contributed by atoms with Crippen LogP contribution in [0.5, 0.6) is 11.5 Å². The number of aromatic nitrogens is 2. The van der Waals surface area contributed by atoms with Crippen molar-refractivity contribution < 1.29 is 9.47 Å². The number of likely N-dealkylation sites (N-methyl/N-ethyl adjacent to an activating group) is 1. The highest BCUT2D eigenvalue weighted by atomic mass is 35.5. The minimum absolute atomic E-state index is 0.239. The predicted octanol–water partition coefficient (Wildman–Crippen LogP) is 2.10. The largest absolute Gasteiger partial charge is 0.493 e. The summed E-state index contributed by atoms with van der Waals surface area (Å²) in [5.74, 6) is 2.13. The molecule has 1 saturated heterocycles. The number of ether oxygens (including phenoxy) is 2. The smallest absolute Gasteiger partial charge is 0.224 e. The quantitative estimate of drug-likeness (QED) is 0.870. The van der Waals surface area contributed by atoms with Crippen molar-refractivity contribution in [3.8, 4) is 11.5 Å². The van der Waals surface area contributed by atoms with Crippen molar-refractivity contribution in [1.82, 2.24) is 15.3 Å². The third-order valence-electron chi connectivity index (χ3n) is 4.05. The normalized spacial score (nSPS) is 18.0. The van der Waals surface area contributed by atoms with E-state index in [1.54, 1.807) is 14.2 Å². The summed E-state index contributed by atoms with van der Waals surface area (Å²) in [6.07, 6.45) is 1.08. The number of nitrogens with one attached hydrogen (secondary N) is 1. The molecule has 0 saturated carbocycles. The van der Waals surface area contributed by atoms with Gasteiger partial charge in [-0.2, -0.15) is 4.98 Å². The molecule has 7 heteroatoms. The first-order valence-electron chi connectivity index (χ1n) is 7.17. The molecule has 1 aromatic heterocycles. The first-order chi connectivity index (χ1) is 10.7. The van der Waals surface area contributed by atoms with Crippen LogP contribution in [-0.4, -0.2) is 50.4 Å². The lowest BCUT2D eigenvalue weighted by Gasteiger charge is -2.20. The zero-order valence-electron chi connectivity index (χ0n) is 12.9. The number of methoxy groups -OCH3 is 2. The highest BCUT2D eigenvalue weighted by Gasteiger charge is 2.25. The zero-order valence-corrected chi connectivity index (χ0v) is 13.6. The summed E-state index contributed by atoms with van der Waals surface area (Å²) >= 11 is 6.11. The fourth-order valence-electron chi connectivity index (χ4n) is 2.84. The molecule has 1 unspecified atom stereocenters. The van der Waals surface area contributed by atoms with Gasteiger partial charge in [0, 0.05) is 30.6 Å². The van der Waals surface area contributed by atoms with E-state index < -0.39 is 0 Å². The summed E-state index contributed by atoms with van der Waals surface area (Å²) < 4.78 is 10.7. The van der Waals surface area contributed by atoms with E-state index in [2.05, 4.69) is 20.2 Å². The molecule has 3 rings (SSSR count). The van der Waals surface area contributed by atoms with Crippen LogP contribution in [0, 0.1) is 0 Å². The van der Waals surface area contributed by atoms with Gasteiger partial charge in [-0.15, -0.1) is 0 Å². The molecule has 1 fully saturated rings. The Morgan fingerprint density at radius 1 is 1.23 bits per heavy atom. The molecule has 0 bridgehead atoms. The van der Waals surface area contributed by atoms with Crippen LogP contribution in [0.1, 0.15) is 6.42 Å². The van der Waals surface area contributed by atoms with Crippen molar-refractivity contribution >= 4 is 28.3 Å². The summed E-state index contributed by atoms with van der Waals surface area (Å²) in [6.45, 7) is 1.83. The maximum absolute atomic E-state index is 6.11. The molecule has 2 heterocycles. The average molecular weight is 323 g/mol. The number of hydrogen-bond acceptors (Lipinski definition) is 6. The van der Waals surface area contributed by atoms with Gasteiger partial charge in [0.15, 0.2) is 11.5 Å². The molecule has 0 spiro atoms. The van der Waals surface area contributed by atoms with E-state index in [1.807, 2.05) is 19.2 Å². The molecular formula is C15H19ClN4O2. The molecule has 118 valence electrons. The first kappa shape index (κ1) is 15.1. The van der Waals surface area contributed by atoms with E-state index >= 15 is 0 Å². The molecule has 1 atom stereocenters. The number of benzene rings is 1. The molecule has 1 aliphatic rings. The summed E-state index contributed by atoms with van der Waals surface area (Å²) in [7, 11) is 5.20. The zero-order chi connectivity index (χ0) is 15.7. The minimum atomic E-state index is 0.239. The monoisotopic (exact) mass is 322 g/mol. The number of halogens is 1. The van der Waals surface area contributed by atoms with Crippen LogP contribution in [0.4, 0.5) is 5.82 Å². The highest BCUT2D eigenvalue weighted by molar-refractivity contribution is 6.28. The Hall–Kier alpha value is -1.79. The highest BCUT2D eigenvalue weighted by Crippen LogP contribution is 2.36. The van der Waals surface area contributed by atoms with Gasteiger partial charge in [0.05, 0.1) is 19.7 Å². The fourth-order valence-corrected chi connectivity index (χ4v) is 3.01. The second-order valence-electron chi connectivity index (χ2n) is 5.26. The van der Waals surface area contributed by atoms with Gasteiger partial charge in [-0.05, 0) is 31.1 Å². The maximum Gasteiger partial charge on any atom is 0.224 e. The second-order valence-corrected chi connectivity index (χ2v) is 5.60. The lowest BCUT2D eigenvalue weighted by atomic mass is 10.2. The number of fused-ring (bicyclic) bond motifs is 1. The first-order valence-corrected chi connectivity index (χ1v) is 7.55. The molecule has 0 radical (unpaired) electrons. The topological polar surface area (TPSA) is 59.5 Å². The van der Waals surface area contributed by atoms with Crippen LogP contribution < -0.4 is 19.7 Å². The van der Waals surface area contributed by atoms with E-state index in [0.717, 1.165) is 36.2 Å². The maximum atomic E-state index is 6.11. The van der Waals surface area contributed by atoms with Crippen molar-refractivity contribution in [2.75, 3.05) is 39.3 Å². The fraction of sp³-hybridized carbons (Fsp3) is 0.467. The number of nitrogens with zero attached hydrogens (tertiary/aromatic N) is 3. The molecule has 1 N–H and O–H groups in total. The Kier molecular flexibility index (Phi) is 4.22. The molecular weight excluding hydrogens is 304 g/mol. The Morgan fingerprint density at radius 2 is 1.95 bits per heavy atom. The summed E-state index contributed by atoms with van der Waals surface area (Å²) in [5, 5.41) is 4.46. The summed E-state index contributed by atoms with van der Waals surface area (Å²) in [6, 6.07) is 4.20. The molecule has 0 aliphatic carbocycles. The van der Waals surface area contributed by atoms with Gasteiger partial charge >= 0.3 is 0 Å². The molecule has 1 aliphatic heterocycles. The number of hydrogen-bond donors (Lipinski definition) is 1. The van der Waals surface area contributed by atoms with Gasteiger partial charge in [0.2, 0.25) is 5.28 Å². The molecule has 22 heavy (non-hydrogen) atoms. The Balaban J connectivity index is 2.13. The molecule has 6 nitrogen and oxygen atoms in total. The van der Waals surface area contributed by atoms with E-state index in [4.69, 9.17) is 21.1 Å². The average Bonchev–Trinajstić information content (AvgIpc) is 3.01. The van der Waals surface area contributed by atoms with Gasteiger partial charge in [-0.3, -0.25) is 0 Å². The van der Waals surface area contributed by atoms with E-state index in [-0.39, 0.29) is 5.28 Å². The van der Waals surface area contributed by atoms with Crippen molar-refractivity contribution in [3.63, 3.8) is 0 Å². The van der Waals surface area contributed by atoms with Gasteiger partial charge in [-0.25, -0.2) is 4.98 Å². The SMILES string of the molecule is CNC1CCN(c2nc(Cl)nc3cc(OC)c(OC)cc23)C1. The van der Waals surface area contributed by atoms with E-state index in [9.17, 15) is 0 Å². The molecule has 0 amide bonds. The van der Waals surface area contributed by atoms with E-state index in [1.165, 1.54) is 0 Å². The van der Waals surface area contributed by atoms with Crippen LogP contribution in [0.3, 0.4) is 0 Å². The van der Waals surface area contributed by atoms with E-state index in [0.29, 0.717) is 17.5 Å². The molecule has 2 aromatic rings. The summed E-state index contributed by atoms with van der Waals surface area (Å²) in [4.78, 5) is 11.0. The number of anilines is 1. The van der Waals surface area contributed by atoms with Crippen molar-refractivity contribution in [2.24, 2.45) is 0 Å². The Morgan fingerprint density at radius 3 is 2.59 bits per heavy atom. The summed E-state index contributed by atoms with van der Waals surface area (Å²) in [5.41, 5.74) is 0.751. The van der Waals surface area contributed by atoms with Gasteiger partial charge in [0.1, 0.15) is 5.82 Å². The lowest BCUT2D eigenvalue weighted by Crippen LogP contribution is -2.30. The lowest BCUT2D eigenvalue weighted by molar-refractivity contribution is 0.356. The van der Waals surface area contributed by atoms with Crippen LogP contribution in [0.2, 0.25) is 5.28 Å². The van der Waals surface area contributed by atoms with Crippen LogP contribution in [0.15, 0.2) is 12.1 Å². The van der Waals surface area contributed by atoms with Gasteiger partial charge in [0.25, 0.3) is 0 Å². The van der Waals surface area contributed by atoms with Crippen LogP contribution in [-0.2, 0) is 0 Å². The minimum Gasteiger partial charge on any atom is -0.493 e.